The topological polar surface area (TPSA) is 57.4 Å². The van der Waals surface area contributed by atoms with Crippen molar-refractivity contribution in [3.8, 4) is 23.0 Å². The van der Waals surface area contributed by atoms with Gasteiger partial charge in [0.25, 0.3) is 5.89 Å². The van der Waals surface area contributed by atoms with Crippen molar-refractivity contribution in [3.63, 3.8) is 0 Å². The molecule has 0 aliphatic rings. The maximum absolute atomic E-state index is 6.37. The van der Waals surface area contributed by atoms with E-state index < -0.39 is 0 Å². The summed E-state index contributed by atoms with van der Waals surface area (Å²) >= 11 is 6.37. The minimum atomic E-state index is 0.262. The number of hydrogen-bond acceptors (Lipinski definition) is 5. The van der Waals surface area contributed by atoms with Crippen molar-refractivity contribution in [2.24, 2.45) is 0 Å². The number of rotatable bonds is 8. The molecule has 0 saturated carbocycles. The van der Waals surface area contributed by atoms with Crippen molar-refractivity contribution < 1.29 is 13.9 Å². The van der Waals surface area contributed by atoms with Gasteiger partial charge in [-0.1, -0.05) is 49.2 Å². The highest BCUT2D eigenvalue weighted by Gasteiger charge is 2.12. The van der Waals surface area contributed by atoms with Gasteiger partial charge in [0.1, 0.15) is 5.03 Å². The predicted octanol–water partition coefficient (Wildman–Crippen LogP) is 5.66. The van der Waals surface area contributed by atoms with Gasteiger partial charge in [-0.05, 0) is 42.3 Å². The first-order valence-corrected chi connectivity index (χ1v) is 9.16. The highest BCUT2D eigenvalue weighted by atomic mass is 35.5. The van der Waals surface area contributed by atoms with Gasteiger partial charge in [-0.3, -0.25) is 0 Å². The lowest BCUT2D eigenvalue weighted by Crippen LogP contribution is -1.98. The molecule has 0 aliphatic heterocycles. The summed E-state index contributed by atoms with van der Waals surface area (Å²) in [5.41, 5.74) is 1.69. The second-order valence-electron chi connectivity index (χ2n) is 5.88. The molecular formula is C21H21ClN2O3. The molecule has 0 bridgehead atoms. The van der Waals surface area contributed by atoms with Crippen molar-refractivity contribution in [1.29, 1.82) is 0 Å². The average Bonchev–Trinajstić information content (AvgIpc) is 3.20. The van der Waals surface area contributed by atoms with E-state index >= 15 is 0 Å². The van der Waals surface area contributed by atoms with Gasteiger partial charge in [-0.25, -0.2) is 0 Å². The zero-order valence-corrected chi connectivity index (χ0v) is 16.1. The number of unbranched alkanes of at least 4 members (excludes halogenated alkanes) is 1. The van der Waals surface area contributed by atoms with Crippen LogP contribution in [0.15, 0.2) is 52.9 Å². The third kappa shape index (κ3) is 4.89. The highest BCUT2D eigenvalue weighted by molar-refractivity contribution is 6.50. The molecular weight excluding hydrogens is 364 g/mol. The van der Waals surface area contributed by atoms with E-state index in [2.05, 4.69) is 17.1 Å². The Bertz CT molecular complexity index is 907. The molecule has 0 N–H and O–H groups in total. The second-order valence-corrected chi connectivity index (χ2v) is 6.29. The maximum Gasteiger partial charge on any atom is 0.259 e. The normalized spacial score (nSPS) is 11.4. The van der Waals surface area contributed by atoms with Gasteiger partial charge >= 0.3 is 0 Å². The molecule has 1 aromatic heterocycles. The number of nitrogens with zero attached hydrogens (tertiary/aromatic N) is 2. The van der Waals surface area contributed by atoms with Gasteiger partial charge in [-0.2, -0.15) is 0 Å². The fraction of sp³-hybridized carbons (Fsp3) is 0.238. The number of benzene rings is 2. The van der Waals surface area contributed by atoms with Gasteiger partial charge in [0.05, 0.1) is 13.7 Å². The Morgan fingerprint density at radius 3 is 2.67 bits per heavy atom. The third-order valence-corrected chi connectivity index (χ3v) is 4.16. The molecule has 3 rings (SSSR count). The molecule has 0 spiro atoms. The standard InChI is InChI=1S/C21H21ClN2O3/c1-3-4-12-26-18-11-10-15(14-19(18)25-2)13-17(22)21-24-23-20(27-21)16-8-6-5-7-9-16/h5-11,13-14H,3-4,12H2,1-2H3/b17-13-. The van der Waals surface area contributed by atoms with Crippen LogP contribution >= 0.6 is 11.6 Å². The molecule has 0 saturated heterocycles. The van der Waals surface area contributed by atoms with Crippen LogP contribution in [0.1, 0.15) is 31.2 Å². The molecule has 0 amide bonds. The molecule has 0 atom stereocenters. The van der Waals surface area contributed by atoms with E-state index in [1.807, 2.05) is 48.5 Å². The number of halogens is 1. The monoisotopic (exact) mass is 384 g/mol. The molecule has 6 heteroatoms. The summed E-state index contributed by atoms with van der Waals surface area (Å²) in [6.45, 7) is 2.78. The summed E-state index contributed by atoms with van der Waals surface area (Å²) in [5.74, 6) is 2.05. The molecule has 0 unspecified atom stereocenters. The molecule has 0 fully saturated rings. The third-order valence-electron chi connectivity index (χ3n) is 3.89. The van der Waals surface area contributed by atoms with Crippen molar-refractivity contribution in [1.82, 2.24) is 10.2 Å². The SMILES string of the molecule is CCCCOc1ccc(/C=C(\Cl)c2nnc(-c3ccccc3)o2)cc1OC. The molecule has 0 radical (unpaired) electrons. The Morgan fingerprint density at radius 1 is 1.11 bits per heavy atom. The second kappa shape index (κ2) is 9.24. The molecule has 1 heterocycles. The average molecular weight is 385 g/mol. The summed E-state index contributed by atoms with van der Waals surface area (Å²) in [6, 6.07) is 15.2. The van der Waals surface area contributed by atoms with E-state index in [0.717, 1.165) is 24.0 Å². The molecule has 0 aliphatic carbocycles. The number of ether oxygens (including phenoxy) is 2. The van der Waals surface area contributed by atoms with E-state index in [0.29, 0.717) is 29.0 Å². The van der Waals surface area contributed by atoms with E-state index in [4.69, 9.17) is 25.5 Å². The summed E-state index contributed by atoms with van der Waals surface area (Å²) in [6.07, 6.45) is 3.83. The summed E-state index contributed by atoms with van der Waals surface area (Å²) in [5, 5.41) is 8.43. The quantitative estimate of drug-likeness (QED) is 0.469. The Hall–Kier alpha value is -2.79. The lowest BCUT2D eigenvalue weighted by atomic mass is 10.2. The Balaban J connectivity index is 1.78. The lowest BCUT2D eigenvalue weighted by molar-refractivity contribution is 0.288. The van der Waals surface area contributed by atoms with Crippen molar-refractivity contribution in [3.05, 3.63) is 60.0 Å². The first-order valence-electron chi connectivity index (χ1n) is 8.78. The van der Waals surface area contributed by atoms with Crippen LogP contribution in [0.4, 0.5) is 0 Å². The van der Waals surface area contributed by atoms with Crippen molar-refractivity contribution in [2.75, 3.05) is 13.7 Å². The van der Waals surface area contributed by atoms with Crippen LogP contribution in [0.3, 0.4) is 0 Å². The highest BCUT2D eigenvalue weighted by Crippen LogP contribution is 2.31. The number of hydrogen-bond donors (Lipinski definition) is 0. The van der Waals surface area contributed by atoms with Gasteiger partial charge in [0, 0.05) is 5.56 Å². The van der Waals surface area contributed by atoms with E-state index in [1.165, 1.54) is 0 Å². The van der Waals surface area contributed by atoms with Gasteiger partial charge < -0.3 is 13.9 Å². The minimum Gasteiger partial charge on any atom is -0.493 e. The van der Waals surface area contributed by atoms with Gasteiger partial charge in [-0.15, -0.1) is 10.2 Å². The van der Waals surface area contributed by atoms with Crippen molar-refractivity contribution in [2.45, 2.75) is 19.8 Å². The van der Waals surface area contributed by atoms with Crippen LogP contribution in [-0.4, -0.2) is 23.9 Å². The Kier molecular flexibility index (Phi) is 6.49. The lowest BCUT2D eigenvalue weighted by Gasteiger charge is -2.11. The fourth-order valence-corrected chi connectivity index (χ4v) is 2.65. The molecule has 2 aromatic carbocycles. The van der Waals surface area contributed by atoms with E-state index in [1.54, 1.807) is 13.2 Å². The number of aromatic nitrogens is 2. The summed E-state index contributed by atoms with van der Waals surface area (Å²) in [7, 11) is 1.61. The first-order chi connectivity index (χ1) is 13.2. The molecule has 140 valence electrons. The number of methoxy groups -OCH3 is 1. The van der Waals surface area contributed by atoms with E-state index in [-0.39, 0.29) is 5.89 Å². The largest absolute Gasteiger partial charge is 0.493 e. The maximum atomic E-state index is 6.37. The van der Waals surface area contributed by atoms with Crippen molar-refractivity contribution >= 4 is 22.7 Å². The van der Waals surface area contributed by atoms with E-state index in [9.17, 15) is 0 Å². The van der Waals surface area contributed by atoms with Crippen LogP contribution in [0, 0.1) is 0 Å². The van der Waals surface area contributed by atoms with Crippen LogP contribution in [-0.2, 0) is 0 Å². The molecule has 27 heavy (non-hydrogen) atoms. The first kappa shape index (κ1) is 19.0. The van der Waals surface area contributed by atoms with Gasteiger partial charge in [0.15, 0.2) is 11.5 Å². The van der Waals surface area contributed by atoms with Crippen LogP contribution < -0.4 is 9.47 Å². The Morgan fingerprint density at radius 2 is 1.93 bits per heavy atom. The summed E-state index contributed by atoms with van der Waals surface area (Å²) < 4.78 is 16.8. The molecule has 5 nitrogen and oxygen atoms in total. The minimum absolute atomic E-state index is 0.262. The smallest absolute Gasteiger partial charge is 0.259 e. The predicted molar refractivity (Wildman–Crippen MR) is 107 cm³/mol. The van der Waals surface area contributed by atoms with Crippen LogP contribution in [0.2, 0.25) is 0 Å². The zero-order valence-electron chi connectivity index (χ0n) is 15.3. The fourth-order valence-electron chi connectivity index (χ4n) is 2.44. The Labute approximate surface area is 163 Å². The zero-order chi connectivity index (χ0) is 19.1. The summed E-state index contributed by atoms with van der Waals surface area (Å²) in [4.78, 5) is 0. The van der Waals surface area contributed by atoms with Crippen LogP contribution in [0.5, 0.6) is 11.5 Å². The van der Waals surface area contributed by atoms with Crippen LogP contribution in [0.25, 0.3) is 22.6 Å². The van der Waals surface area contributed by atoms with Gasteiger partial charge in [0.2, 0.25) is 5.89 Å². The molecule has 3 aromatic rings.